The van der Waals surface area contributed by atoms with E-state index in [1.54, 1.807) is 0 Å². The Balaban J connectivity index is 0.000000755. The van der Waals surface area contributed by atoms with E-state index < -0.39 is 0 Å². The summed E-state index contributed by atoms with van der Waals surface area (Å²) in [5.41, 5.74) is 3.70. The summed E-state index contributed by atoms with van der Waals surface area (Å²) in [6.07, 6.45) is 6.12. The maximum atomic E-state index is 10.7. The van der Waals surface area contributed by atoms with Crippen LogP contribution in [0.25, 0.3) is 21.8 Å². The molecule has 3 nitrogen and oxygen atoms in total. The van der Waals surface area contributed by atoms with Gasteiger partial charge < -0.3 is 15.0 Å². The third-order valence-electron chi connectivity index (χ3n) is 5.62. The van der Waals surface area contributed by atoms with Crippen LogP contribution in [0.4, 0.5) is 0 Å². The molecule has 0 amide bonds. The summed E-state index contributed by atoms with van der Waals surface area (Å²) in [6.45, 7) is 3.44. The summed E-state index contributed by atoms with van der Waals surface area (Å²) in [6, 6.07) is 13.8. The summed E-state index contributed by atoms with van der Waals surface area (Å²) in [5.74, 6) is 0. The number of aliphatic hydroxyl groups is 1. The van der Waals surface area contributed by atoms with Crippen LogP contribution in [0.1, 0.15) is 37.7 Å². The molecule has 2 N–H and O–H groups in total. The second-order valence-electron chi connectivity index (χ2n) is 7.74. The zero-order valence-electron chi connectivity index (χ0n) is 16.5. The number of benzene rings is 2. The molecule has 3 aromatic rings. The summed E-state index contributed by atoms with van der Waals surface area (Å²) in [5, 5.41) is 16.8. The molecule has 2 aromatic carbocycles. The van der Waals surface area contributed by atoms with Gasteiger partial charge in [0.1, 0.15) is 0 Å². The number of nitrogens with one attached hydrogen (secondary N) is 1. The third-order valence-corrected chi connectivity index (χ3v) is 6.29. The van der Waals surface area contributed by atoms with E-state index in [9.17, 15) is 5.11 Å². The summed E-state index contributed by atoms with van der Waals surface area (Å²) >= 11 is 7.67. The van der Waals surface area contributed by atoms with Crippen LogP contribution in [0.5, 0.6) is 0 Å². The molecule has 0 saturated heterocycles. The zero-order chi connectivity index (χ0) is 20.8. The Morgan fingerprint density at radius 1 is 1.07 bits per heavy atom. The number of hydrogen-bond donors (Lipinski definition) is 2. The van der Waals surface area contributed by atoms with E-state index in [1.807, 2.05) is 0 Å². The van der Waals surface area contributed by atoms with Crippen LogP contribution in [0.15, 0.2) is 36.4 Å². The van der Waals surface area contributed by atoms with Gasteiger partial charge in [-0.15, -0.1) is 0 Å². The number of rotatable bonds is 5. The molecule has 0 spiro atoms. The van der Waals surface area contributed by atoms with Crippen molar-refractivity contribution in [1.82, 2.24) is 9.88 Å². The first kappa shape index (κ1) is 24.7. The molecule has 1 aliphatic rings. The number of hydrogen-bond acceptors (Lipinski definition) is 2. The molecule has 4 rings (SSSR count). The van der Waals surface area contributed by atoms with Crippen molar-refractivity contribution in [3.05, 3.63) is 45.5 Å². The molecule has 0 radical (unpaired) electrons. The average Bonchev–Trinajstić information content (AvgIpc) is 3.00. The van der Waals surface area contributed by atoms with Crippen LogP contribution >= 0.6 is 59.8 Å². The van der Waals surface area contributed by atoms with Gasteiger partial charge in [-0.1, -0.05) is 30.9 Å². The quantitative estimate of drug-likeness (QED) is 0.385. The van der Waals surface area contributed by atoms with Gasteiger partial charge in [0.05, 0.1) is 12.6 Å². The first-order valence-corrected chi connectivity index (χ1v) is 23.6. The van der Waals surface area contributed by atoms with E-state index in [4.69, 9.17) is 0 Å². The fraction of sp³-hybridized carbons (Fsp3) is 0.455. The van der Waals surface area contributed by atoms with Gasteiger partial charge in [0, 0.05) is 38.0 Å². The molecule has 160 valence electrons. The molecule has 1 aromatic heterocycles. The van der Waals surface area contributed by atoms with Crippen LogP contribution < -0.4 is 18.6 Å². The minimum absolute atomic E-state index is 0.378. The Hall–Kier alpha value is 1.08. The number of fused-ring (bicyclic) bond motifs is 3. The van der Waals surface area contributed by atoms with E-state index in [1.165, 1.54) is 63.0 Å². The molecule has 7 heteroatoms. The monoisotopic (exact) mass is 843 g/mol. The molecule has 29 heavy (non-hydrogen) atoms. The van der Waals surface area contributed by atoms with E-state index in [0.717, 1.165) is 0 Å². The fourth-order valence-corrected chi connectivity index (χ4v) is 4.76. The topological polar surface area (TPSA) is 37.2 Å². The van der Waals surface area contributed by atoms with E-state index in [2.05, 4.69) is 113 Å². The van der Waals surface area contributed by atoms with E-state index >= 15 is 0 Å². The summed E-state index contributed by atoms with van der Waals surface area (Å²) < 4.78 is 3.53. The second kappa shape index (κ2) is 12.4. The van der Waals surface area contributed by atoms with Gasteiger partial charge in [0.2, 0.25) is 0 Å². The number of aromatic nitrogens is 1. The molecule has 1 saturated carbocycles. The first-order chi connectivity index (χ1) is 14.0. The van der Waals surface area contributed by atoms with Crippen molar-refractivity contribution in [3.8, 4) is 0 Å². The minimum atomic E-state index is -0.378. The van der Waals surface area contributed by atoms with Crippen LogP contribution in [0, 0.1) is 10.5 Å². The average molecular weight is 843 g/mol. The van der Waals surface area contributed by atoms with Crippen molar-refractivity contribution < 1.29 is 18.4 Å². The second-order valence-corrected chi connectivity index (χ2v) is 25.2. The van der Waals surface area contributed by atoms with Crippen molar-refractivity contribution in [2.24, 2.45) is 0 Å². The van der Waals surface area contributed by atoms with Crippen molar-refractivity contribution in [1.29, 1.82) is 0 Å². The number of halogens is 4. The molecule has 1 atom stereocenters. The molecular weight excluding hydrogens is 816 g/mol. The number of nitrogens with zero attached hydrogens (tertiary/aromatic N) is 1. The third kappa shape index (κ3) is 6.78. The predicted octanol–water partition coefficient (Wildman–Crippen LogP) is 3.77. The Morgan fingerprint density at radius 2 is 1.69 bits per heavy atom. The Labute approximate surface area is 216 Å². The maximum absolute atomic E-state index is 10.7. The Bertz CT molecular complexity index is 878. The van der Waals surface area contributed by atoms with E-state index in [0.29, 0.717) is 32.4 Å². The van der Waals surface area contributed by atoms with Crippen molar-refractivity contribution in [3.63, 3.8) is 0 Å². The van der Waals surface area contributed by atoms with Crippen LogP contribution in [0.3, 0.4) is 0 Å². The van der Waals surface area contributed by atoms with E-state index in [-0.39, 0.29) is 6.10 Å². The van der Waals surface area contributed by atoms with Crippen molar-refractivity contribution in [2.45, 2.75) is 57.7 Å². The van der Waals surface area contributed by atoms with Gasteiger partial charge in [-0.2, -0.15) is 0 Å². The Morgan fingerprint density at radius 3 is 2.38 bits per heavy atom. The molecule has 0 bridgehead atoms. The van der Waals surface area contributed by atoms with Gasteiger partial charge in [-0.25, -0.2) is 0 Å². The summed E-state index contributed by atoms with van der Waals surface area (Å²) in [7, 11) is 0. The predicted molar refractivity (Wildman–Crippen MR) is 146 cm³/mol. The van der Waals surface area contributed by atoms with Gasteiger partial charge >= 0.3 is 50.5 Å². The number of aryl methyl sites for hydroxylation is 1. The van der Waals surface area contributed by atoms with Gasteiger partial charge in [-0.05, 0) is 72.7 Å². The van der Waals surface area contributed by atoms with Crippen LogP contribution in [-0.2, 0) is 6.54 Å². The fourth-order valence-electron chi connectivity index (χ4n) is 4.27. The molecule has 1 aliphatic carbocycles. The molecule has 1 heterocycles. The van der Waals surface area contributed by atoms with Gasteiger partial charge in [0.25, 0.3) is 0 Å². The Kier molecular flexibility index (Phi) is 10.5. The van der Waals surface area contributed by atoms with Crippen LogP contribution in [0.2, 0.25) is 0 Å². The van der Waals surface area contributed by atoms with Crippen LogP contribution in [-0.4, -0.2) is 28.4 Å². The standard InChI is InChI=1S/C22H27IN2O.I3/c1-15-7-9-21-19(11-15)20-12-16(23)8-10-22(20)25(21)14-18(26)13-24-17-5-3-2-4-6-17;1-3-2/h7-12,17-18,24,26H,2-6,13-14H2,1H3;/q;-1. The normalized spacial score (nSPS) is 16.2. The molecular formula is C22H27I4N2O-. The SMILES string of the molecule is Cc1ccc2c(c1)c1cc(I)ccc1n2CC(O)CNC1CCCCC1.I[I-]I. The first-order valence-electron chi connectivity index (χ1n) is 10.00. The number of aliphatic hydroxyl groups excluding tert-OH is 1. The molecule has 1 unspecified atom stereocenters. The molecule has 0 aliphatic heterocycles. The van der Waals surface area contributed by atoms with Gasteiger partial charge in [0.15, 0.2) is 0 Å². The van der Waals surface area contributed by atoms with Crippen molar-refractivity contribution >= 4 is 81.6 Å². The van der Waals surface area contributed by atoms with Gasteiger partial charge in [-0.3, -0.25) is 0 Å². The molecule has 1 fully saturated rings. The summed E-state index contributed by atoms with van der Waals surface area (Å²) in [4.78, 5) is 0. The van der Waals surface area contributed by atoms with Crippen molar-refractivity contribution in [2.75, 3.05) is 6.54 Å². The zero-order valence-corrected chi connectivity index (χ0v) is 25.1.